The van der Waals surface area contributed by atoms with Crippen molar-refractivity contribution in [1.82, 2.24) is 14.8 Å². The highest BCUT2D eigenvalue weighted by atomic mass is 32.2. The number of rotatable bonds is 9. The number of aryl methyl sites for hydroxylation is 1. The van der Waals surface area contributed by atoms with Gasteiger partial charge in [-0.25, -0.2) is 4.39 Å². The molecule has 1 heterocycles. The highest BCUT2D eigenvalue weighted by Crippen LogP contribution is 2.29. The van der Waals surface area contributed by atoms with Crippen molar-refractivity contribution >= 4 is 35.0 Å². The van der Waals surface area contributed by atoms with Crippen LogP contribution >= 0.6 is 11.8 Å². The molecule has 0 aliphatic rings. The van der Waals surface area contributed by atoms with Crippen molar-refractivity contribution in [2.24, 2.45) is 0 Å². The Kier molecular flexibility index (Phi) is 8.19. The topological polar surface area (TPSA) is 98.1 Å². The van der Waals surface area contributed by atoms with Crippen LogP contribution in [0.3, 0.4) is 0 Å². The Bertz CT molecular complexity index is 1410. The van der Waals surface area contributed by atoms with Crippen molar-refractivity contribution < 1.29 is 18.7 Å². The van der Waals surface area contributed by atoms with Gasteiger partial charge in [0.25, 0.3) is 0 Å². The lowest BCUT2D eigenvalue weighted by molar-refractivity contribution is -0.114. The zero-order chi connectivity index (χ0) is 26.4. The van der Waals surface area contributed by atoms with Gasteiger partial charge in [-0.3, -0.25) is 14.2 Å². The SMILES string of the molecule is CC(=O)Nc1ccc(NC(=O)CSc2nnc(C(C)Oc3ccccc3F)n2-c2ccccc2)cc1C. The molecule has 37 heavy (non-hydrogen) atoms. The fourth-order valence-electron chi connectivity index (χ4n) is 3.64. The number of carbonyl (C=O) groups is 2. The van der Waals surface area contributed by atoms with Crippen molar-refractivity contribution in [3.05, 3.63) is 90.0 Å². The van der Waals surface area contributed by atoms with Gasteiger partial charge in [0.05, 0.1) is 5.75 Å². The van der Waals surface area contributed by atoms with Crippen LogP contribution in [0.1, 0.15) is 31.3 Å². The van der Waals surface area contributed by atoms with Crippen LogP contribution in [0.2, 0.25) is 0 Å². The molecule has 0 spiro atoms. The minimum Gasteiger partial charge on any atom is -0.480 e. The standard InChI is InChI=1S/C27H26FN5O3S/c1-17-15-20(13-14-23(17)29-19(3)34)30-25(35)16-37-27-32-31-26(33(27)21-9-5-4-6-10-21)18(2)36-24-12-8-7-11-22(24)28/h4-15,18H,16H2,1-3H3,(H,29,34)(H,30,35). The molecule has 0 fully saturated rings. The van der Waals surface area contributed by atoms with E-state index in [0.717, 1.165) is 11.3 Å². The van der Waals surface area contributed by atoms with Gasteiger partial charge in [0.2, 0.25) is 11.8 Å². The van der Waals surface area contributed by atoms with E-state index in [4.69, 9.17) is 4.74 Å². The molecule has 10 heteroatoms. The van der Waals surface area contributed by atoms with E-state index in [0.29, 0.717) is 22.4 Å². The van der Waals surface area contributed by atoms with Gasteiger partial charge >= 0.3 is 0 Å². The van der Waals surface area contributed by atoms with Crippen LogP contribution in [0.4, 0.5) is 15.8 Å². The number of carbonyl (C=O) groups excluding carboxylic acids is 2. The summed E-state index contributed by atoms with van der Waals surface area (Å²) in [6.07, 6.45) is -0.613. The quantitative estimate of drug-likeness (QED) is 0.282. The number of benzene rings is 3. The predicted octanol–water partition coefficient (Wildman–Crippen LogP) is 5.54. The molecule has 0 aliphatic carbocycles. The molecule has 3 aromatic carbocycles. The van der Waals surface area contributed by atoms with Crippen molar-refractivity contribution in [3.8, 4) is 11.4 Å². The van der Waals surface area contributed by atoms with Crippen LogP contribution in [0.5, 0.6) is 5.75 Å². The summed E-state index contributed by atoms with van der Waals surface area (Å²) in [5.74, 6) is -0.178. The van der Waals surface area contributed by atoms with Gasteiger partial charge in [0.15, 0.2) is 28.7 Å². The summed E-state index contributed by atoms with van der Waals surface area (Å²) in [4.78, 5) is 24.0. The Balaban J connectivity index is 1.50. The minimum absolute atomic E-state index is 0.0833. The van der Waals surface area contributed by atoms with Crippen LogP contribution in [-0.2, 0) is 9.59 Å². The average molecular weight is 520 g/mol. The summed E-state index contributed by atoms with van der Waals surface area (Å²) >= 11 is 1.22. The molecule has 0 saturated heterocycles. The molecule has 0 aliphatic heterocycles. The number of hydrogen-bond acceptors (Lipinski definition) is 6. The predicted molar refractivity (Wildman–Crippen MR) is 142 cm³/mol. The summed E-state index contributed by atoms with van der Waals surface area (Å²) in [5.41, 5.74) is 2.93. The number of nitrogens with one attached hydrogen (secondary N) is 2. The van der Waals surface area contributed by atoms with E-state index in [1.54, 1.807) is 47.9 Å². The molecular formula is C27H26FN5O3S. The zero-order valence-electron chi connectivity index (χ0n) is 20.6. The Morgan fingerprint density at radius 1 is 1.03 bits per heavy atom. The van der Waals surface area contributed by atoms with Crippen molar-refractivity contribution in [3.63, 3.8) is 0 Å². The van der Waals surface area contributed by atoms with E-state index < -0.39 is 11.9 Å². The van der Waals surface area contributed by atoms with Crippen LogP contribution < -0.4 is 15.4 Å². The molecule has 0 radical (unpaired) electrons. The summed E-state index contributed by atoms with van der Waals surface area (Å²) < 4.78 is 21.8. The van der Waals surface area contributed by atoms with Crippen molar-refractivity contribution in [2.45, 2.75) is 32.0 Å². The lowest BCUT2D eigenvalue weighted by Gasteiger charge is -2.17. The van der Waals surface area contributed by atoms with Crippen molar-refractivity contribution in [2.75, 3.05) is 16.4 Å². The summed E-state index contributed by atoms with van der Waals surface area (Å²) in [7, 11) is 0. The first-order valence-corrected chi connectivity index (χ1v) is 12.5. The van der Waals surface area contributed by atoms with E-state index in [9.17, 15) is 14.0 Å². The van der Waals surface area contributed by atoms with E-state index in [1.165, 1.54) is 24.8 Å². The summed E-state index contributed by atoms with van der Waals surface area (Å²) in [6.45, 7) is 5.06. The fraction of sp³-hybridized carbons (Fsp3) is 0.185. The molecule has 2 N–H and O–H groups in total. The van der Waals surface area contributed by atoms with Crippen LogP contribution in [0, 0.1) is 12.7 Å². The largest absolute Gasteiger partial charge is 0.480 e. The lowest BCUT2D eigenvalue weighted by atomic mass is 10.1. The van der Waals surface area contributed by atoms with Crippen LogP contribution in [0.15, 0.2) is 78.0 Å². The average Bonchev–Trinajstić information content (AvgIpc) is 3.30. The molecule has 1 unspecified atom stereocenters. The molecule has 2 amide bonds. The molecule has 4 aromatic rings. The molecule has 4 rings (SSSR count). The van der Waals surface area contributed by atoms with E-state index >= 15 is 0 Å². The van der Waals surface area contributed by atoms with Gasteiger partial charge in [0, 0.05) is 24.0 Å². The van der Waals surface area contributed by atoms with E-state index in [1.807, 2.05) is 37.3 Å². The summed E-state index contributed by atoms with van der Waals surface area (Å²) in [5, 5.41) is 14.7. The molecule has 8 nitrogen and oxygen atoms in total. The number of hydrogen-bond donors (Lipinski definition) is 2. The second-order valence-electron chi connectivity index (χ2n) is 8.25. The molecule has 190 valence electrons. The second-order valence-corrected chi connectivity index (χ2v) is 9.19. The van der Waals surface area contributed by atoms with E-state index in [-0.39, 0.29) is 23.3 Å². The Morgan fingerprint density at radius 3 is 2.46 bits per heavy atom. The van der Waals surface area contributed by atoms with Gasteiger partial charge in [-0.15, -0.1) is 10.2 Å². The van der Waals surface area contributed by atoms with Crippen molar-refractivity contribution in [1.29, 1.82) is 0 Å². The Hall–Kier alpha value is -4.18. The van der Waals surface area contributed by atoms with Gasteiger partial charge < -0.3 is 15.4 Å². The first kappa shape index (κ1) is 25.9. The van der Waals surface area contributed by atoms with Gasteiger partial charge in [-0.1, -0.05) is 42.1 Å². The molecule has 0 bridgehead atoms. The summed E-state index contributed by atoms with van der Waals surface area (Å²) in [6, 6.07) is 20.9. The third-order valence-electron chi connectivity index (χ3n) is 5.33. The molecular weight excluding hydrogens is 493 g/mol. The highest BCUT2D eigenvalue weighted by molar-refractivity contribution is 7.99. The smallest absolute Gasteiger partial charge is 0.234 e. The first-order valence-electron chi connectivity index (χ1n) is 11.5. The molecule has 0 saturated carbocycles. The van der Waals surface area contributed by atoms with Gasteiger partial charge in [-0.2, -0.15) is 0 Å². The Labute approximate surface area is 218 Å². The number of nitrogens with zero attached hydrogens (tertiary/aromatic N) is 3. The van der Waals surface area contributed by atoms with Gasteiger partial charge in [-0.05, 0) is 61.9 Å². The third kappa shape index (κ3) is 6.53. The maximum absolute atomic E-state index is 14.2. The molecule has 1 atom stereocenters. The zero-order valence-corrected chi connectivity index (χ0v) is 21.4. The highest BCUT2D eigenvalue weighted by Gasteiger charge is 2.22. The first-order chi connectivity index (χ1) is 17.8. The van der Waals surface area contributed by atoms with Crippen LogP contribution in [0.25, 0.3) is 5.69 Å². The second kappa shape index (κ2) is 11.7. The lowest BCUT2D eigenvalue weighted by Crippen LogP contribution is -2.15. The fourth-order valence-corrected chi connectivity index (χ4v) is 4.40. The number of aromatic nitrogens is 3. The molecule has 1 aromatic heterocycles. The van der Waals surface area contributed by atoms with Crippen LogP contribution in [-0.4, -0.2) is 32.3 Å². The number of halogens is 1. The number of para-hydroxylation sites is 2. The number of ether oxygens (including phenoxy) is 1. The van der Waals surface area contributed by atoms with E-state index in [2.05, 4.69) is 20.8 Å². The Morgan fingerprint density at radius 2 is 1.76 bits per heavy atom. The number of amides is 2. The third-order valence-corrected chi connectivity index (χ3v) is 6.26. The maximum Gasteiger partial charge on any atom is 0.234 e. The number of anilines is 2. The normalized spacial score (nSPS) is 11.6. The maximum atomic E-state index is 14.2. The van der Waals surface area contributed by atoms with Gasteiger partial charge in [0.1, 0.15) is 0 Å². The minimum atomic E-state index is -0.613. The monoisotopic (exact) mass is 519 g/mol. The number of thioether (sulfide) groups is 1.